The third-order valence-electron chi connectivity index (χ3n) is 3.82. The van der Waals surface area contributed by atoms with Crippen LogP contribution in [0, 0.1) is 0 Å². The summed E-state index contributed by atoms with van der Waals surface area (Å²) in [6.45, 7) is 1.88. The minimum absolute atomic E-state index is 0.0903. The molecular weight excluding hydrogens is 368 g/mol. The van der Waals surface area contributed by atoms with Gasteiger partial charge in [-0.1, -0.05) is 41.7 Å². The molecule has 0 saturated heterocycles. The van der Waals surface area contributed by atoms with Gasteiger partial charge < -0.3 is 14.8 Å². The Morgan fingerprint density at radius 1 is 1.19 bits per heavy atom. The van der Waals surface area contributed by atoms with Gasteiger partial charge in [0.2, 0.25) is 5.91 Å². The summed E-state index contributed by atoms with van der Waals surface area (Å²) in [6.07, 6.45) is 0. The topological polar surface area (TPSA) is 59.9 Å². The molecule has 3 rings (SSSR count). The van der Waals surface area contributed by atoms with Crippen molar-refractivity contribution in [2.24, 2.45) is 4.99 Å². The number of hydrogen-bond acceptors (Lipinski definition) is 6. The van der Waals surface area contributed by atoms with Gasteiger partial charge in [0.25, 0.3) is 0 Å². The zero-order chi connectivity index (χ0) is 18.5. The van der Waals surface area contributed by atoms with Crippen molar-refractivity contribution in [3.8, 4) is 11.5 Å². The third kappa shape index (κ3) is 4.53. The monoisotopic (exact) mass is 388 g/mol. The molecule has 1 aliphatic heterocycles. The fourth-order valence-electron chi connectivity index (χ4n) is 2.40. The number of carbonyl (C=O) groups excluding carboxylic acids is 1. The van der Waals surface area contributed by atoms with Gasteiger partial charge in [-0.25, -0.2) is 4.99 Å². The van der Waals surface area contributed by atoms with Crippen molar-refractivity contribution in [3.05, 3.63) is 48.0 Å². The second-order valence-electron chi connectivity index (χ2n) is 5.65. The van der Waals surface area contributed by atoms with E-state index in [1.54, 1.807) is 44.2 Å². The number of hydrogen-bond donors (Lipinski definition) is 1. The van der Waals surface area contributed by atoms with Crippen LogP contribution in [0.15, 0.2) is 47.5 Å². The number of carbonyl (C=O) groups is 1. The summed E-state index contributed by atoms with van der Waals surface area (Å²) >= 11 is 3.13. The highest BCUT2D eigenvalue weighted by Gasteiger charge is 2.20. The van der Waals surface area contributed by atoms with E-state index in [-0.39, 0.29) is 11.2 Å². The summed E-state index contributed by atoms with van der Waals surface area (Å²) in [5.41, 5.74) is 2.85. The Balaban J connectivity index is 1.66. The Morgan fingerprint density at radius 3 is 2.58 bits per heavy atom. The molecule has 5 nitrogen and oxygen atoms in total. The van der Waals surface area contributed by atoms with Crippen LogP contribution in [-0.2, 0) is 10.5 Å². The van der Waals surface area contributed by atoms with E-state index in [9.17, 15) is 4.79 Å². The average Bonchev–Trinajstić information content (AvgIpc) is 2.67. The molecule has 0 unspecified atom stereocenters. The van der Waals surface area contributed by atoms with Gasteiger partial charge in [0.05, 0.1) is 25.2 Å². The Bertz CT molecular complexity index is 817. The van der Waals surface area contributed by atoms with E-state index in [2.05, 4.69) is 16.4 Å². The van der Waals surface area contributed by atoms with Gasteiger partial charge in [0, 0.05) is 29.6 Å². The first-order valence-corrected chi connectivity index (χ1v) is 9.95. The van der Waals surface area contributed by atoms with Gasteiger partial charge in [0.1, 0.15) is 15.9 Å². The normalized spacial score (nSPS) is 14.0. The Hall–Kier alpha value is -2.12. The molecule has 0 aliphatic carbocycles. The van der Waals surface area contributed by atoms with Gasteiger partial charge in [-0.2, -0.15) is 0 Å². The van der Waals surface area contributed by atoms with Crippen molar-refractivity contribution in [3.63, 3.8) is 0 Å². The predicted octanol–water partition coefficient (Wildman–Crippen LogP) is 4.70. The molecule has 136 valence electrons. The number of ether oxygens (including phenoxy) is 2. The molecule has 1 N–H and O–H groups in total. The molecule has 1 aliphatic rings. The number of nitrogens with one attached hydrogen (secondary N) is 1. The van der Waals surface area contributed by atoms with E-state index in [0.29, 0.717) is 17.2 Å². The lowest BCUT2D eigenvalue weighted by molar-refractivity contribution is -0.115. The Morgan fingerprint density at radius 2 is 1.88 bits per heavy atom. The Labute approximate surface area is 161 Å². The predicted molar refractivity (Wildman–Crippen MR) is 110 cm³/mol. The largest absolute Gasteiger partial charge is 0.497 e. The summed E-state index contributed by atoms with van der Waals surface area (Å²) in [6, 6.07) is 13.4. The van der Waals surface area contributed by atoms with Crippen LogP contribution >= 0.6 is 23.5 Å². The maximum absolute atomic E-state index is 12.6. The standard InChI is InChI=1S/C19H20N2O3S2/c1-12(26-19-21-17-7-5-4-6-13(17)11-25-19)18(22)20-14-8-15(23-2)10-16(9-14)24-3/h4-10,12H,11H2,1-3H3,(H,20,22)/t12-/m0/s1. The number of nitrogens with zero attached hydrogens (tertiary/aromatic N) is 1. The average molecular weight is 389 g/mol. The maximum atomic E-state index is 12.6. The molecule has 1 atom stereocenters. The fraction of sp³-hybridized carbons (Fsp3) is 0.263. The van der Waals surface area contributed by atoms with Crippen LogP contribution in [0.3, 0.4) is 0 Å². The van der Waals surface area contributed by atoms with E-state index in [4.69, 9.17) is 9.47 Å². The molecule has 26 heavy (non-hydrogen) atoms. The highest BCUT2D eigenvalue weighted by Crippen LogP contribution is 2.36. The zero-order valence-corrected chi connectivity index (χ0v) is 16.4. The third-order valence-corrected chi connectivity index (χ3v) is 6.12. The molecule has 0 saturated carbocycles. The van der Waals surface area contributed by atoms with Crippen molar-refractivity contribution < 1.29 is 14.3 Å². The lowest BCUT2D eigenvalue weighted by atomic mass is 10.2. The van der Waals surface area contributed by atoms with Gasteiger partial charge >= 0.3 is 0 Å². The van der Waals surface area contributed by atoms with Gasteiger partial charge in [0.15, 0.2) is 0 Å². The van der Waals surface area contributed by atoms with Crippen LogP contribution in [-0.4, -0.2) is 29.8 Å². The van der Waals surface area contributed by atoms with Gasteiger partial charge in [-0.3, -0.25) is 4.79 Å². The van der Waals surface area contributed by atoms with E-state index < -0.39 is 0 Å². The number of methoxy groups -OCH3 is 2. The minimum Gasteiger partial charge on any atom is -0.497 e. The van der Waals surface area contributed by atoms with E-state index in [1.807, 2.05) is 25.1 Å². The molecule has 1 amide bonds. The lowest BCUT2D eigenvalue weighted by Gasteiger charge is -2.17. The number of thioether (sulfide) groups is 2. The Kier molecular flexibility index (Phi) is 6.11. The van der Waals surface area contributed by atoms with Crippen LogP contribution in [0.25, 0.3) is 0 Å². The second kappa shape index (κ2) is 8.51. The van der Waals surface area contributed by atoms with Crippen molar-refractivity contribution in [2.75, 3.05) is 19.5 Å². The molecule has 7 heteroatoms. The van der Waals surface area contributed by atoms with Crippen LogP contribution in [0.4, 0.5) is 11.4 Å². The van der Waals surface area contributed by atoms with Crippen LogP contribution in [0.1, 0.15) is 12.5 Å². The maximum Gasteiger partial charge on any atom is 0.237 e. The van der Waals surface area contributed by atoms with Crippen LogP contribution in [0.5, 0.6) is 11.5 Å². The van der Waals surface area contributed by atoms with Crippen LogP contribution in [0.2, 0.25) is 0 Å². The van der Waals surface area contributed by atoms with Crippen molar-refractivity contribution in [1.82, 2.24) is 0 Å². The SMILES string of the molecule is COc1cc(NC(=O)[C@H](C)SC2=Nc3ccccc3CS2)cc(OC)c1. The number of aliphatic imine (C=N–C) groups is 1. The number of rotatable bonds is 5. The smallest absolute Gasteiger partial charge is 0.237 e. The molecule has 2 aromatic rings. The van der Waals surface area contributed by atoms with Crippen LogP contribution < -0.4 is 14.8 Å². The molecule has 0 fully saturated rings. The molecule has 0 aromatic heterocycles. The molecule has 2 aromatic carbocycles. The second-order valence-corrected chi connectivity index (χ2v) is 8.20. The molecule has 0 spiro atoms. The number of benzene rings is 2. The van der Waals surface area contributed by atoms with Gasteiger partial charge in [-0.05, 0) is 18.6 Å². The zero-order valence-electron chi connectivity index (χ0n) is 14.8. The van der Waals surface area contributed by atoms with Gasteiger partial charge in [-0.15, -0.1) is 0 Å². The van der Waals surface area contributed by atoms with Crippen molar-refractivity contribution in [1.29, 1.82) is 0 Å². The van der Waals surface area contributed by atoms with Crippen molar-refractivity contribution >= 4 is 45.2 Å². The minimum atomic E-state index is -0.274. The number of para-hydroxylation sites is 1. The van der Waals surface area contributed by atoms with E-state index >= 15 is 0 Å². The first-order valence-electron chi connectivity index (χ1n) is 8.09. The summed E-state index contributed by atoms with van der Waals surface area (Å²) in [5, 5.41) is 2.64. The number of fused-ring (bicyclic) bond motifs is 1. The summed E-state index contributed by atoms with van der Waals surface area (Å²) in [5.74, 6) is 2.05. The quantitative estimate of drug-likeness (QED) is 0.805. The summed E-state index contributed by atoms with van der Waals surface area (Å²) in [7, 11) is 3.16. The first-order chi connectivity index (χ1) is 12.6. The molecule has 0 radical (unpaired) electrons. The fourth-order valence-corrected chi connectivity index (χ4v) is 4.59. The highest BCUT2D eigenvalue weighted by molar-refractivity contribution is 8.39. The summed E-state index contributed by atoms with van der Waals surface area (Å²) < 4.78 is 11.4. The lowest BCUT2D eigenvalue weighted by Crippen LogP contribution is -2.23. The number of amides is 1. The van der Waals surface area contributed by atoms with E-state index in [1.165, 1.54) is 17.3 Å². The molecular formula is C19H20N2O3S2. The molecule has 0 bridgehead atoms. The first kappa shape index (κ1) is 18.7. The van der Waals surface area contributed by atoms with Crippen molar-refractivity contribution in [2.45, 2.75) is 17.9 Å². The summed E-state index contributed by atoms with van der Waals surface area (Å²) in [4.78, 5) is 17.2. The molecule has 1 heterocycles. The number of anilines is 1. The van der Waals surface area contributed by atoms with E-state index in [0.717, 1.165) is 15.8 Å². The highest BCUT2D eigenvalue weighted by atomic mass is 32.2.